The molecule has 0 spiro atoms. The normalized spacial score (nSPS) is 19.3. The maximum atomic E-state index is 13.4. The van der Waals surface area contributed by atoms with E-state index in [-0.39, 0.29) is 23.9 Å². The first-order valence-corrected chi connectivity index (χ1v) is 12.2. The largest absolute Gasteiger partial charge is 0.453 e. The van der Waals surface area contributed by atoms with Crippen molar-refractivity contribution in [2.24, 2.45) is 0 Å². The predicted octanol–water partition coefficient (Wildman–Crippen LogP) is 2.34. The van der Waals surface area contributed by atoms with Crippen LogP contribution in [-0.2, 0) is 20.8 Å². The second-order valence-electron chi connectivity index (χ2n) is 9.36. The Morgan fingerprint density at radius 1 is 1.32 bits per heavy atom. The molecule has 4 rings (SSSR count). The number of rotatable bonds is 9. The number of carbonyl (C=O) groups excluding carboxylic acids is 2. The van der Waals surface area contributed by atoms with Crippen molar-refractivity contribution in [3.63, 3.8) is 0 Å². The molecule has 10 heteroatoms. The van der Waals surface area contributed by atoms with Crippen molar-refractivity contribution < 1.29 is 19.1 Å². The Balaban J connectivity index is 1.62. The third-order valence-corrected chi connectivity index (χ3v) is 6.45. The van der Waals surface area contributed by atoms with Crippen LogP contribution in [0.2, 0.25) is 0 Å². The van der Waals surface area contributed by atoms with Crippen LogP contribution in [0.25, 0.3) is 11.0 Å². The molecule has 1 aliphatic carbocycles. The number of fused-ring (bicyclic) bond motifs is 1. The molecule has 1 saturated heterocycles. The number of carbonyl (C=O) groups is 2. The number of hydrogen-bond donors (Lipinski definition) is 2. The highest BCUT2D eigenvalue weighted by Gasteiger charge is 2.41. The number of hydrogen-bond acceptors (Lipinski definition) is 7. The minimum Gasteiger partial charge on any atom is -0.453 e. The SMILES string of the molecule is COC(=O)NCCCn1nc([C@@H](C)N(C(=O)[C@H]2CNCCO2)C2CC2)c2ccc(C(C)C)nc21. The van der Waals surface area contributed by atoms with Gasteiger partial charge >= 0.3 is 6.09 Å². The molecule has 34 heavy (non-hydrogen) atoms. The van der Waals surface area contributed by atoms with Gasteiger partial charge in [0.2, 0.25) is 0 Å². The molecule has 2 amide bonds. The van der Waals surface area contributed by atoms with E-state index >= 15 is 0 Å². The van der Waals surface area contributed by atoms with Gasteiger partial charge in [-0.2, -0.15) is 5.10 Å². The molecule has 186 valence electrons. The van der Waals surface area contributed by atoms with Crippen LogP contribution in [0.5, 0.6) is 0 Å². The standard InChI is InChI=1S/C24H36N6O4/c1-15(2)19-9-8-18-21(28-29(22(18)27-19)12-5-10-26-24(32)33-4)16(3)30(17-6-7-17)23(31)20-14-25-11-13-34-20/h8-9,15-17,20,25H,5-7,10-14H2,1-4H3,(H,26,32)/t16-,20-/m1/s1. The molecule has 1 aliphatic heterocycles. The van der Waals surface area contributed by atoms with Crippen molar-refractivity contribution in [3.8, 4) is 0 Å². The molecule has 0 unspecified atom stereocenters. The number of aromatic nitrogens is 3. The smallest absolute Gasteiger partial charge is 0.406 e. The Morgan fingerprint density at radius 2 is 2.12 bits per heavy atom. The second-order valence-corrected chi connectivity index (χ2v) is 9.36. The quantitative estimate of drug-likeness (QED) is 0.539. The lowest BCUT2D eigenvalue weighted by molar-refractivity contribution is -0.148. The average Bonchev–Trinajstić information content (AvgIpc) is 3.62. The molecule has 2 aromatic heterocycles. The molecule has 2 N–H and O–H groups in total. The van der Waals surface area contributed by atoms with Gasteiger partial charge in [0, 0.05) is 43.3 Å². The van der Waals surface area contributed by atoms with Gasteiger partial charge in [0.15, 0.2) is 5.65 Å². The van der Waals surface area contributed by atoms with E-state index in [2.05, 4.69) is 35.3 Å². The molecule has 2 fully saturated rings. The lowest BCUT2D eigenvalue weighted by Crippen LogP contribution is -2.50. The summed E-state index contributed by atoms with van der Waals surface area (Å²) in [6.07, 6.45) is 1.78. The Bertz CT molecular complexity index is 1010. The minimum absolute atomic E-state index is 0.0268. The molecule has 2 atom stereocenters. The summed E-state index contributed by atoms with van der Waals surface area (Å²) < 4.78 is 12.3. The number of aryl methyl sites for hydroxylation is 1. The lowest BCUT2D eigenvalue weighted by Gasteiger charge is -2.33. The van der Waals surface area contributed by atoms with Gasteiger partial charge in [-0.1, -0.05) is 13.8 Å². The van der Waals surface area contributed by atoms with Gasteiger partial charge in [0.25, 0.3) is 5.91 Å². The first kappa shape index (κ1) is 24.4. The van der Waals surface area contributed by atoms with Crippen LogP contribution in [0, 0.1) is 0 Å². The van der Waals surface area contributed by atoms with Gasteiger partial charge in [-0.25, -0.2) is 14.5 Å². The summed E-state index contributed by atoms with van der Waals surface area (Å²) >= 11 is 0. The Hall–Kier alpha value is -2.72. The van der Waals surface area contributed by atoms with Gasteiger partial charge in [-0.3, -0.25) is 4.79 Å². The van der Waals surface area contributed by atoms with Crippen LogP contribution in [0.4, 0.5) is 4.79 Å². The molecule has 0 bridgehead atoms. The van der Waals surface area contributed by atoms with Crippen LogP contribution in [0.1, 0.15) is 63.4 Å². The fraction of sp³-hybridized carbons (Fsp3) is 0.667. The zero-order valence-corrected chi connectivity index (χ0v) is 20.5. The van der Waals surface area contributed by atoms with Crippen LogP contribution < -0.4 is 10.6 Å². The molecular weight excluding hydrogens is 436 g/mol. The highest BCUT2D eigenvalue weighted by Crippen LogP contribution is 2.37. The molecule has 0 aromatic carbocycles. The summed E-state index contributed by atoms with van der Waals surface area (Å²) in [7, 11) is 1.35. The van der Waals surface area contributed by atoms with E-state index in [1.165, 1.54) is 7.11 Å². The number of nitrogens with zero attached hydrogens (tertiary/aromatic N) is 4. The van der Waals surface area contributed by atoms with Crippen LogP contribution in [0.3, 0.4) is 0 Å². The van der Waals surface area contributed by atoms with Crippen molar-refractivity contribution in [1.29, 1.82) is 0 Å². The van der Waals surface area contributed by atoms with E-state index in [1.807, 2.05) is 22.6 Å². The van der Waals surface area contributed by atoms with Crippen molar-refractivity contribution in [1.82, 2.24) is 30.3 Å². The van der Waals surface area contributed by atoms with Gasteiger partial charge in [-0.15, -0.1) is 0 Å². The Morgan fingerprint density at radius 3 is 2.76 bits per heavy atom. The number of alkyl carbamates (subject to hydrolysis) is 1. The maximum Gasteiger partial charge on any atom is 0.406 e. The number of morpholine rings is 1. The summed E-state index contributed by atoms with van der Waals surface area (Å²) in [4.78, 5) is 31.7. The van der Waals surface area contributed by atoms with E-state index in [0.29, 0.717) is 32.7 Å². The number of nitrogens with one attached hydrogen (secondary N) is 2. The van der Waals surface area contributed by atoms with Gasteiger partial charge in [0.05, 0.1) is 25.5 Å². The summed E-state index contributed by atoms with van der Waals surface area (Å²) in [5.41, 5.74) is 2.66. The van der Waals surface area contributed by atoms with E-state index in [4.69, 9.17) is 14.8 Å². The van der Waals surface area contributed by atoms with Gasteiger partial charge < -0.3 is 25.0 Å². The number of pyridine rings is 1. The van der Waals surface area contributed by atoms with Crippen LogP contribution in [0.15, 0.2) is 12.1 Å². The van der Waals surface area contributed by atoms with E-state index in [1.54, 1.807) is 0 Å². The monoisotopic (exact) mass is 472 g/mol. The van der Waals surface area contributed by atoms with Gasteiger partial charge in [0.1, 0.15) is 6.10 Å². The van der Waals surface area contributed by atoms with Gasteiger partial charge in [-0.05, 0) is 44.2 Å². The molecule has 2 aliphatic rings. The fourth-order valence-corrected chi connectivity index (χ4v) is 4.43. The van der Waals surface area contributed by atoms with Crippen molar-refractivity contribution >= 4 is 23.0 Å². The Labute approximate surface area is 200 Å². The first-order chi connectivity index (χ1) is 16.4. The number of ether oxygens (including phenoxy) is 2. The molecule has 0 radical (unpaired) electrons. The fourth-order valence-electron chi connectivity index (χ4n) is 4.43. The second kappa shape index (κ2) is 10.7. The molecule has 10 nitrogen and oxygen atoms in total. The maximum absolute atomic E-state index is 13.4. The number of methoxy groups -OCH3 is 1. The topological polar surface area (TPSA) is 111 Å². The highest BCUT2D eigenvalue weighted by atomic mass is 16.5. The third kappa shape index (κ3) is 5.33. The molecule has 1 saturated carbocycles. The summed E-state index contributed by atoms with van der Waals surface area (Å²) in [6, 6.07) is 4.15. The molecule has 3 heterocycles. The van der Waals surface area contributed by atoms with Crippen molar-refractivity contribution in [2.45, 2.75) is 70.7 Å². The Kier molecular flexibility index (Phi) is 7.67. The minimum atomic E-state index is -0.458. The molecular formula is C24H36N6O4. The average molecular weight is 473 g/mol. The molecule has 2 aromatic rings. The number of amides is 2. The third-order valence-electron chi connectivity index (χ3n) is 6.45. The van der Waals surface area contributed by atoms with Crippen LogP contribution in [-0.4, -0.2) is 77.2 Å². The lowest BCUT2D eigenvalue weighted by atomic mass is 10.1. The summed E-state index contributed by atoms with van der Waals surface area (Å²) in [6.45, 7) is 9.20. The van der Waals surface area contributed by atoms with Crippen LogP contribution >= 0.6 is 0 Å². The zero-order chi connectivity index (χ0) is 24.2. The summed E-state index contributed by atoms with van der Waals surface area (Å²) in [5.74, 6) is 0.314. The van der Waals surface area contributed by atoms with E-state index in [9.17, 15) is 9.59 Å². The summed E-state index contributed by atoms with van der Waals surface area (Å²) in [5, 5.41) is 11.9. The van der Waals surface area contributed by atoms with Crippen molar-refractivity contribution in [2.75, 3.05) is 33.4 Å². The van der Waals surface area contributed by atoms with E-state index < -0.39 is 12.2 Å². The first-order valence-electron chi connectivity index (χ1n) is 12.2. The van der Waals surface area contributed by atoms with Crippen molar-refractivity contribution in [3.05, 3.63) is 23.5 Å². The zero-order valence-electron chi connectivity index (χ0n) is 20.5. The van der Waals surface area contributed by atoms with E-state index in [0.717, 1.165) is 41.8 Å². The predicted molar refractivity (Wildman–Crippen MR) is 128 cm³/mol. The highest BCUT2D eigenvalue weighted by molar-refractivity contribution is 5.84.